The fraction of sp³-hybridized carbons (Fsp3) is 0.458. The fourth-order valence-corrected chi connectivity index (χ4v) is 5.77. The van der Waals surface area contributed by atoms with E-state index in [0.717, 1.165) is 29.5 Å². The summed E-state index contributed by atoms with van der Waals surface area (Å²) in [4.78, 5) is 14.4. The van der Waals surface area contributed by atoms with Gasteiger partial charge in [-0.2, -0.15) is 0 Å². The van der Waals surface area contributed by atoms with Gasteiger partial charge in [-0.25, -0.2) is 21.9 Å². The lowest BCUT2D eigenvalue weighted by Crippen LogP contribution is -2.53. The summed E-state index contributed by atoms with van der Waals surface area (Å²) in [6.07, 6.45) is 1.67. The number of nitrogens with zero attached hydrogens (tertiary/aromatic N) is 1. The molecule has 0 bridgehead atoms. The molecule has 8 heteroatoms. The van der Waals surface area contributed by atoms with Crippen LogP contribution in [0.5, 0.6) is 0 Å². The van der Waals surface area contributed by atoms with Crippen LogP contribution in [-0.2, 0) is 21.2 Å². The number of nitrogens with one attached hydrogen (secondary N) is 1. The average molecular weight is 461 g/mol. The number of rotatable bonds is 7. The Morgan fingerprint density at radius 1 is 1.09 bits per heavy atom. The van der Waals surface area contributed by atoms with Gasteiger partial charge in [0.15, 0.2) is 0 Å². The molecule has 2 saturated carbocycles. The lowest BCUT2D eigenvalue weighted by molar-refractivity contribution is -0.136. The van der Waals surface area contributed by atoms with E-state index in [1.807, 2.05) is 54.6 Å². The molecule has 3 aliphatic rings. The van der Waals surface area contributed by atoms with Gasteiger partial charge in [0.2, 0.25) is 15.9 Å². The Hall–Kier alpha value is -2.32. The number of sulfonamides is 1. The smallest absolute Gasteiger partial charge is 0.283 e. The number of carbonyl (C=O) groups is 1. The monoisotopic (exact) mass is 460 g/mol. The van der Waals surface area contributed by atoms with Crippen LogP contribution in [0.15, 0.2) is 54.6 Å². The summed E-state index contributed by atoms with van der Waals surface area (Å²) in [5, 5.41) is 0. The van der Waals surface area contributed by atoms with Gasteiger partial charge in [0.1, 0.15) is 6.04 Å². The van der Waals surface area contributed by atoms with Crippen molar-refractivity contribution >= 4 is 15.9 Å². The molecule has 2 aromatic carbocycles. The Labute approximate surface area is 186 Å². The molecule has 0 spiro atoms. The lowest BCUT2D eigenvalue weighted by Gasteiger charge is -2.29. The molecule has 1 N–H and O–H groups in total. The predicted molar refractivity (Wildman–Crippen MR) is 118 cm³/mol. The van der Waals surface area contributed by atoms with Crippen molar-refractivity contribution in [1.82, 2.24) is 9.62 Å². The highest BCUT2D eigenvalue weighted by Gasteiger charge is 2.76. The average Bonchev–Trinajstić information content (AvgIpc) is 3.64. The molecule has 0 radical (unpaired) electrons. The van der Waals surface area contributed by atoms with E-state index in [2.05, 4.69) is 4.72 Å². The molecular weight excluding hydrogens is 434 g/mol. The van der Waals surface area contributed by atoms with Crippen molar-refractivity contribution in [3.63, 3.8) is 0 Å². The standard InChI is InChI=1S/C24H26F2N2O3S/c1-2-32(30,31)27-21-20(28(15-24(21,25)26)22(29)23-13-19(23)14-23)12-16-7-6-10-18(11-16)17-8-4-3-5-9-17/h3-11,19-21,27H,2,12-15H2,1H3/t19?,20-,21+,23?/m0/s1. The Morgan fingerprint density at radius 3 is 2.38 bits per heavy atom. The van der Waals surface area contributed by atoms with Crippen molar-refractivity contribution in [2.24, 2.45) is 11.3 Å². The molecule has 2 aliphatic carbocycles. The summed E-state index contributed by atoms with van der Waals surface area (Å²) in [5.74, 6) is -3.56. The lowest BCUT2D eigenvalue weighted by atomic mass is 9.96. The largest absolute Gasteiger partial charge is 0.331 e. The van der Waals surface area contributed by atoms with Crippen LogP contribution in [0.3, 0.4) is 0 Å². The zero-order chi connectivity index (χ0) is 22.7. The van der Waals surface area contributed by atoms with Crippen molar-refractivity contribution in [2.75, 3.05) is 12.3 Å². The number of hydrogen-bond donors (Lipinski definition) is 1. The first-order chi connectivity index (χ1) is 15.2. The van der Waals surface area contributed by atoms with Crippen LogP contribution in [0.25, 0.3) is 11.1 Å². The molecule has 5 rings (SSSR count). The van der Waals surface area contributed by atoms with E-state index in [1.165, 1.54) is 11.8 Å². The topological polar surface area (TPSA) is 66.5 Å². The van der Waals surface area contributed by atoms with Crippen molar-refractivity contribution < 1.29 is 22.0 Å². The second-order valence-electron chi connectivity index (χ2n) is 9.29. The SMILES string of the molecule is CCS(=O)(=O)N[C@@H]1[C@H](Cc2cccc(-c3ccccc3)c2)N(C(=O)C23CC2C3)CC1(F)F. The van der Waals surface area contributed by atoms with Gasteiger partial charge >= 0.3 is 0 Å². The molecule has 1 aliphatic heterocycles. The minimum atomic E-state index is -3.88. The quantitative estimate of drug-likeness (QED) is 0.688. The summed E-state index contributed by atoms with van der Waals surface area (Å²) in [5.41, 5.74) is 2.27. The van der Waals surface area contributed by atoms with Gasteiger partial charge in [-0.15, -0.1) is 0 Å². The zero-order valence-electron chi connectivity index (χ0n) is 17.8. The van der Waals surface area contributed by atoms with Crippen LogP contribution in [0.2, 0.25) is 0 Å². The van der Waals surface area contributed by atoms with Gasteiger partial charge in [0, 0.05) is 0 Å². The van der Waals surface area contributed by atoms with Crippen LogP contribution in [0.1, 0.15) is 25.3 Å². The van der Waals surface area contributed by atoms with E-state index in [0.29, 0.717) is 5.92 Å². The normalized spacial score (nSPS) is 30.1. The Morgan fingerprint density at radius 2 is 1.75 bits per heavy atom. The van der Waals surface area contributed by atoms with E-state index in [-0.39, 0.29) is 18.1 Å². The second-order valence-corrected chi connectivity index (χ2v) is 11.3. The highest BCUT2D eigenvalue weighted by molar-refractivity contribution is 7.89. The number of hydrogen-bond acceptors (Lipinski definition) is 3. The number of benzene rings is 2. The summed E-state index contributed by atoms with van der Waals surface area (Å²) >= 11 is 0. The van der Waals surface area contributed by atoms with Crippen molar-refractivity contribution in [1.29, 1.82) is 0 Å². The maximum absolute atomic E-state index is 15.1. The number of carbonyl (C=O) groups excluding carboxylic acids is 1. The highest BCUT2D eigenvalue weighted by Crippen LogP contribution is 2.76. The first-order valence-electron chi connectivity index (χ1n) is 11.0. The highest BCUT2D eigenvalue weighted by atomic mass is 32.2. The molecule has 1 saturated heterocycles. The Balaban J connectivity index is 1.48. The molecule has 170 valence electrons. The molecule has 3 fully saturated rings. The molecule has 2 atom stereocenters. The first kappa shape index (κ1) is 21.5. The molecule has 0 unspecified atom stereocenters. The minimum Gasteiger partial charge on any atom is -0.331 e. The van der Waals surface area contributed by atoms with Gasteiger partial charge in [-0.3, -0.25) is 4.79 Å². The third-order valence-corrected chi connectivity index (χ3v) is 8.53. The molecule has 5 nitrogen and oxygen atoms in total. The van der Waals surface area contributed by atoms with E-state index < -0.39 is 40.0 Å². The number of amides is 1. The summed E-state index contributed by atoms with van der Waals surface area (Å²) in [7, 11) is -3.88. The third kappa shape index (κ3) is 3.73. The first-order valence-corrected chi connectivity index (χ1v) is 12.6. The van der Waals surface area contributed by atoms with Gasteiger partial charge in [0.05, 0.1) is 23.8 Å². The zero-order valence-corrected chi connectivity index (χ0v) is 18.6. The fourth-order valence-electron chi connectivity index (χ4n) is 4.88. The van der Waals surface area contributed by atoms with Crippen LogP contribution in [0, 0.1) is 11.3 Å². The van der Waals surface area contributed by atoms with Crippen molar-refractivity contribution in [3.8, 4) is 11.1 Å². The Kier molecular flexibility index (Phi) is 4.94. The molecule has 2 aromatic rings. The van der Waals surface area contributed by atoms with Crippen LogP contribution >= 0.6 is 0 Å². The number of alkyl halides is 2. The number of likely N-dealkylation sites (tertiary alicyclic amines) is 1. The maximum Gasteiger partial charge on any atom is 0.283 e. The number of halogens is 2. The predicted octanol–water partition coefficient (Wildman–Crippen LogP) is 3.46. The second kappa shape index (κ2) is 7.35. The summed E-state index contributed by atoms with van der Waals surface area (Å²) in [6.45, 7) is 0.662. The molecule has 32 heavy (non-hydrogen) atoms. The van der Waals surface area contributed by atoms with Crippen LogP contribution in [0.4, 0.5) is 8.78 Å². The van der Waals surface area contributed by atoms with Crippen molar-refractivity contribution in [2.45, 2.75) is 44.2 Å². The molecule has 1 heterocycles. The van der Waals surface area contributed by atoms with Gasteiger partial charge in [-0.05, 0) is 48.8 Å². The summed E-state index contributed by atoms with van der Waals surface area (Å²) in [6, 6.07) is 14.7. The minimum absolute atomic E-state index is 0.152. The van der Waals surface area contributed by atoms with E-state index in [9.17, 15) is 13.2 Å². The van der Waals surface area contributed by atoms with E-state index in [1.54, 1.807) is 0 Å². The van der Waals surface area contributed by atoms with Gasteiger partial charge in [0.25, 0.3) is 5.92 Å². The van der Waals surface area contributed by atoms with Crippen LogP contribution in [-0.4, -0.2) is 49.5 Å². The molecular formula is C24H26F2N2O3S. The number of fused-ring (bicyclic) bond motifs is 1. The van der Waals surface area contributed by atoms with Gasteiger partial charge in [-0.1, -0.05) is 54.6 Å². The third-order valence-electron chi connectivity index (χ3n) is 7.16. The van der Waals surface area contributed by atoms with Crippen molar-refractivity contribution in [3.05, 3.63) is 60.2 Å². The van der Waals surface area contributed by atoms with E-state index >= 15 is 8.78 Å². The summed E-state index contributed by atoms with van der Waals surface area (Å²) < 4.78 is 56.8. The molecule has 1 amide bonds. The van der Waals surface area contributed by atoms with E-state index in [4.69, 9.17) is 0 Å². The van der Waals surface area contributed by atoms with Crippen LogP contribution < -0.4 is 4.72 Å². The molecule has 0 aromatic heterocycles. The Bertz CT molecular complexity index is 1150. The van der Waals surface area contributed by atoms with Gasteiger partial charge < -0.3 is 4.90 Å². The maximum atomic E-state index is 15.1.